The van der Waals surface area contributed by atoms with Crippen molar-refractivity contribution in [2.75, 3.05) is 14.2 Å². The third-order valence-corrected chi connectivity index (χ3v) is 3.26. The summed E-state index contributed by atoms with van der Waals surface area (Å²) in [4.78, 5) is 12.0. The Labute approximate surface area is 128 Å². The largest absolute Gasteiger partial charge is 0.493 e. The van der Waals surface area contributed by atoms with Crippen molar-refractivity contribution < 1.29 is 14.3 Å². The van der Waals surface area contributed by atoms with Crippen molar-refractivity contribution in [1.82, 2.24) is 5.32 Å². The monoisotopic (exact) mass is 305 g/mol. The Morgan fingerprint density at radius 1 is 1.05 bits per heavy atom. The predicted octanol–water partition coefficient (Wildman–Crippen LogP) is 3.29. The van der Waals surface area contributed by atoms with Gasteiger partial charge in [-0.05, 0) is 42.0 Å². The number of halogens is 1. The van der Waals surface area contributed by atoms with Crippen molar-refractivity contribution in [1.29, 1.82) is 0 Å². The Morgan fingerprint density at radius 2 is 1.71 bits per heavy atom. The summed E-state index contributed by atoms with van der Waals surface area (Å²) in [6.45, 7) is 0.405. The van der Waals surface area contributed by atoms with Gasteiger partial charge in [0.25, 0.3) is 5.91 Å². The van der Waals surface area contributed by atoms with E-state index in [9.17, 15) is 4.79 Å². The van der Waals surface area contributed by atoms with Crippen molar-refractivity contribution in [2.24, 2.45) is 0 Å². The van der Waals surface area contributed by atoms with E-state index in [-0.39, 0.29) is 5.91 Å². The van der Waals surface area contributed by atoms with Crippen LogP contribution in [-0.4, -0.2) is 20.1 Å². The first kappa shape index (κ1) is 15.2. The van der Waals surface area contributed by atoms with Crippen molar-refractivity contribution in [3.05, 3.63) is 58.6 Å². The molecule has 0 aliphatic heterocycles. The second kappa shape index (κ2) is 6.99. The molecule has 0 aliphatic rings. The van der Waals surface area contributed by atoms with Gasteiger partial charge in [-0.25, -0.2) is 0 Å². The van der Waals surface area contributed by atoms with E-state index in [2.05, 4.69) is 5.32 Å². The van der Waals surface area contributed by atoms with E-state index in [1.165, 1.54) is 0 Å². The number of ether oxygens (including phenoxy) is 2. The molecule has 0 saturated carbocycles. The zero-order valence-corrected chi connectivity index (χ0v) is 12.6. The average molecular weight is 306 g/mol. The summed E-state index contributed by atoms with van der Waals surface area (Å²) >= 11 is 5.79. The maximum absolute atomic E-state index is 12.0. The van der Waals surface area contributed by atoms with Gasteiger partial charge >= 0.3 is 0 Å². The molecular weight excluding hydrogens is 290 g/mol. The molecule has 21 heavy (non-hydrogen) atoms. The van der Waals surface area contributed by atoms with Gasteiger partial charge in [-0.2, -0.15) is 0 Å². The van der Waals surface area contributed by atoms with Gasteiger partial charge in [0.2, 0.25) is 0 Å². The fourth-order valence-electron chi connectivity index (χ4n) is 1.88. The molecule has 1 amide bonds. The highest BCUT2D eigenvalue weighted by molar-refractivity contribution is 6.30. The maximum atomic E-state index is 12.0. The first-order valence-electron chi connectivity index (χ1n) is 6.38. The van der Waals surface area contributed by atoms with E-state index in [1.807, 2.05) is 18.2 Å². The van der Waals surface area contributed by atoms with Gasteiger partial charge in [0, 0.05) is 17.1 Å². The third kappa shape index (κ3) is 3.89. The Hall–Kier alpha value is -2.20. The lowest BCUT2D eigenvalue weighted by Gasteiger charge is -2.10. The summed E-state index contributed by atoms with van der Waals surface area (Å²) in [5.74, 6) is 1.14. The molecule has 0 fully saturated rings. The van der Waals surface area contributed by atoms with Crippen molar-refractivity contribution in [3.63, 3.8) is 0 Å². The number of rotatable bonds is 5. The van der Waals surface area contributed by atoms with Crippen molar-refractivity contribution in [3.8, 4) is 11.5 Å². The molecule has 0 saturated heterocycles. The minimum Gasteiger partial charge on any atom is -0.493 e. The Balaban J connectivity index is 2.02. The van der Waals surface area contributed by atoms with Gasteiger partial charge in [-0.3, -0.25) is 4.79 Å². The molecule has 0 heterocycles. The number of benzene rings is 2. The molecule has 0 aliphatic carbocycles. The number of hydrogen-bond acceptors (Lipinski definition) is 3. The van der Waals surface area contributed by atoms with Crippen molar-refractivity contribution >= 4 is 17.5 Å². The maximum Gasteiger partial charge on any atom is 0.251 e. The zero-order valence-electron chi connectivity index (χ0n) is 11.9. The van der Waals surface area contributed by atoms with Crippen LogP contribution in [0.1, 0.15) is 15.9 Å². The Bertz CT molecular complexity index is 626. The van der Waals surface area contributed by atoms with Crippen LogP contribution in [0.5, 0.6) is 11.5 Å². The van der Waals surface area contributed by atoms with Crippen LogP contribution in [0.4, 0.5) is 0 Å². The molecule has 4 nitrogen and oxygen atoms in total. The van der Waals surface area contributed by atoms with Gasteiger partial charge < -0.3 is 14.8 Å². The first-order valence-corrected chi connectivity index (χ1v) is 6.76. The molecule has 2 aromatic rings. The second-order valence-corrected chi connectivity index (χ2v) is 4.82. The minimum absolute atomic E-state index is 0.151. The topological polar surface area (TPSA) is 47.6 Å². The van der Waals surface area contributed by atoms with Crippen LogP contribution in [0, 0.1) is 0 Å². The highest BCUT2D eigenvalue weighted by Crippen LogP contribution is 2.27. The minimum atomic E-state index is -0.151. The quantitative estimate of drug-likeness (QED) is 0.922. The van der Waals surface area contributed by atoms with E-state index >= 15 is 0 Å². The molecule has 1 N–H and O–H groups in total. The Morgan fingerprint density at radius 3 is 2.33 bits per heavy atom. The predicted molar refractivity (Wildman–Crippen MR) is 82.2 cm³/mol. The normalized spacial score (nSPS) is 10.0. The summed E-state index contributed by atoms with van der Waals surface area (Å²) < 4.78 is 10.4. The molecule has 0 bridgehead atoms. The van der Waals surface area contributed by atoms with Gasteiger partial charge in [-0.15, -0.1) is 0 Å². The molecule has 0 spiro atoms. The Kier molecular flexibility index (Phi) is 5.06. The molecule has 2 rings (SSSR count). The summed E-state index contributed by atoms with van der Waals surface area (Å²) in [5, 5.41) is 3.45. The van der Waals surface area contributed by atoms with Gasteiger partial charge in [0.05, 0.1) is 14.2 Å². The number of carbonyl (C=O) groups excluding carboxylic acids is 1. The summed E-state index contributed by atoms with van der Waals surface area (Å²) in [6, 6.07) is 12.3. The summed E-state index contributed by atoms with van der Waals surface area (Å²) in [5.41, 5.74) is 1.50. The zero-order chi connectivity index (χ0) is 15.2. The standard InChI is InChI=1S/C16H16ClNO3/c1-20-14-8-3-11(9-15(14)21-2)10-18-16(19)12-4-6-13(17)7-5-12/h3-9H,10H2,1-2H3,(H,18,19). The van der Waals surface area contributed by atoms with Gasteiger partial charge in [0.15, 0.2) is 11.5 Å². The lowest BCUT2D eigenvalue weighted by atomic mass is 10.1. The molecular formula is C16H16ClNO3. The smallest absolute Gasteiger partial charge is 0.251 e. The molecule has 5 heteroatoms. The van der Waals surface area contributed by atoms with Crippen LogP contribution >= 0.6 is 11.6 Å². The van der Waals surface area contributed by atoms with Crippen LogP contribution in [-0.2, 0) is 6.54 Å². The van der Waals surface area contributed by atoms with Crippen LogP contribution in [0.25, 0.3) is 0 Å². The molecule has 110 valence electrons. The van der Waals surface area contributed by atoms with Crippen LogP contribution in [0.2, 0.25) is 5.02 Å². The number of carbonyl (C=O) groups is 1. The third-order valence-electron chi connectivity index (χ3n) is 3.01. The fraction of sp³-hybridized carbons (Fsp3) is 0.188. The van der Waals surface area contributed by atoms with Gasteiger partial charge in [0.1, 0.15) is 0 Å². The number of methoxy groups -OCH3 is 2. The van der Waals surface area contributed by atoms with Gasteiger partial charge in [-0.1, -0.05) is 17.7 Å². The van der Waals surface area contributed by atoms with E-state index in [1.54, 1.807) is 38.5 Å². The lowest BCUT2D eigenvalue weighted by Crippen LogP contribution is -2.22. The number of amides is 1. The van der Waals surface area contributed by atoms with E-state index in [0.29, 0.717) is 28.6 Å². The second-order valence-electron chi connectivity index (χ2n) is 4.38. The van der Waals surface area contributed by atoms with Crippen LogP contribution < -0.4 is 14.8 Å². The van der Waals surface area contributed by atoms with E-state index in [4.69, 9.17) is 21.1 Å². The number of nitrogens with one attached hydrogen (secondary N) is 1. The molecule has 0 atom stereocenters. The van der Waals surface area contributed by atoms with Crippen LogP contribution in [0.3, 0.4) is 0 Å². The average Bonchev–Trinajstić information content (AvgIpc) is 2.52. The highest BCUT2D eigenvalue weighted by atomic mass is 35.5. The fourth-order valence-corrected chi connectivity index (χ4v) is 2.00. The SMILES string of the molecule is COc1ccc(CNC(=O)c2ccc(Cl)cc2)cc1OC. The van der Waals surface area contributed by atoms with E-state index < -0.39 is 0 Å². The summed E-state index contributed by atoms with van der Waals surface area (Å²) in [6.07, 6.45) is 0. The molecule has 0 aromatic heterocycles. The van der Waals surface area contributed by atoms with Crippen molar-refractivity contribution in [2.45, 2.75) is 6.54 Å². The molecule has 2 aromatic carbocycles. The lowest BCUT2D eigenvalue weighted by molar-refractivity contribution is 0.0951. The van der Waals surface area contributed by atoms with Crippen LogP contribution in [0.15, 0.2) is 42.5 Å². The first-order chi connectivity index (χ1) is 10.1. The molecule has 0 unspecified atom stereocenters. The number of hydrogen-bond donors (Lipinski definition) is 1. The summed E-state index contributed by atoms with van der Waals surface area (Å²) in [7, 11) is 3.16. The van der Waals surface area contributed by atoms with E-state index in [0.717, 1.165) is 5.56 Å². The molecule has 0 radical (unpaired) electrons. The highest BCUT2D eigenvalue weighted by Gasteiger charge is 2.07.